The van der Waals surface area contributed by atoms with Gasteiger partial charge in [-0.2, -0.15) is 9.36 Å². The maximum atomic E-state index is 11.4. The lowest BCUT2D eigenvalue weighted by atomic mass is 10.3. The summed E-state index contributed by atoms with van der Waals surface area (Å²) in [5, 5.41) is 16.4. The molecule has 1 N–H and O–H groups in total. The van der Waals surface area contributed by atoms with E-state index in [9.17, 15) is 9.90 Å². The molecule has 0 bridgehead atoms. The van der Waals surface area contributed by atoms with Crippen molar-refractivity contribution < 1.29 is 5.11 Å². The van der Waals surface area contributed by atoms with Crippen molar-refractivity contribution in [2.24, 2.45) is 7.05 Å². The summed E-state index contributed by atoms with van der Waals surface area (Å²) in [4.78, 5) is 11.4. The van der Waals surface area contributed by atoms with Crippen LogP contribution in [0.3, 0.4) is 0 Å². The van der Waals surface area contributed by atoms with Gasteiger partial charge in [0, 0.05) is 13.1 Å². The molecule has 14 heavy (non-hydrogen) atoms. The number of aromatic hydroxyl groups is 1. The Labute approximate surface area is 79.0 Å². The highest BCUT2D eigenvalue weighted by molar-refractivity contribution is 5.37. The Hall–Kier alpha value is -2.11. The second kappa shape index (κ2) is 2.99. The van der Waals surface area contributed by atoms with Gasteiger partial charge in [0.05, 0.1) is 5.69 Å². The topological polar surface area (TPSA) is 72.9 Å². The van der Waals surface area contributed by atoms with Crippen molar-refractivity contribution in [2.75, 3.05) is 0 Å². The van der Waals surface area contributed by atoms with Crippen LogP contribution in [0.25, 0.3) is 5.69 Å². The molecule has 0 aliphatic rings. The Bertz CT molecular complexity index is 514. The smallest absolute Gasteiger partial charge is 0.368 e. The number of aryl methyl sites for hydroxylation is 1. The molecule has 1 heterocycles. The number of hydrogen-bond acceptors (Lipinski definition) is 4. The van der Waals surface area contributed by atoms with Crippen LogP contribution >= 0.6 is 0 Å². The first-order chi connectivity index (χ1) is 6.68. The minimum atomic E-state index is -0.351. The molecule has 0 aliphatic carbocycles. The summed E-state index contributed by atoms with van der Waals surface area (Å²) < 4.78 is 2.23. The van der Waals surface area contributed by atoms with Gasteiger partial charge in [-0.25, -0.2) is 4.79 Å². The van der Waals surface area contributed by atoms with Gasteiger partial charge < -0.3 is 5.11 Å². The van der Waals surface area contributed by atoms with Crippen LogP contribution in [0.5, 0.6) is 5.75 Å². The highest BCUT2D eigenvalue weighted by atomic mass is 16.3. The van der Waals surface area contributed by atoms with E-state index in [2.05, 4.69) is 10.4 Å². The third-order valence-electron chi connectivity index (χ3n) is 1.80. The zero-order valence-electron chi connectivity index (χ0n) is 7.45. The molecule has 6 heteroatoms. The van der Waals surface area contributed by atoms with Crippen LogP contribution in [-0.4, -0.2) is 24.9 Å². The molecule has 0 aliphatic heterocycles. The maximum Gasteiger partial charge on any atom is 0.368 e. The van der Waals surface area contributed by atoms with Crippen LogP contribution in [0.2, 0.25) is 0 Å². The first-order valence-corrected chi connectivity index (χ1v) is 3.97. The van der Waals surface area contributed by atoms with Crippen LogP contribution in [0.4, 0.5) is 0 Å². The van der Waals surface area contributed by atoms with Crippen molar-refractivity contribution in [2.45, 2.75) is 0 Å². The van der Waals surface area contributed by atoms with Crippen molar-refractivity contribution in [1.29, 1.82) is 0 Å². The van der Waals surface area contributed by atoms with E-state index < -0.39 is 0 Å². The largest absolute Gasteiger partial charge is 0.508 e. The zero-order valence-corrected chi connectivity index (χ0v) is 7.45. The van der Waals surface area contributed by atoms with Gasteiger partial charge in [-0.3, -0.25) is 0 Å². The summed E-state index contributed by atoms with van der Waals surface area (Å²) >= 11 is 0. The molecule has 2 aromatic rings. The van der Waals surface area contributed by atoms with Gasteiger partial charge in [-0.05, 0) is 22.6 Å². The van der Waals surface area contributed by atoms with Gasteiger partial charge in [-0.15, -0.1) is 0 Å². The van der Waals surface area contributed by atoms with Crippen LogP contribution in [0, 0.1) is 0 Å². The second-order valence-corrected chi connectivity index (χ2v) is 2.82. The van der Waals surface area contributed by atoms with Crippen molar-refractivity contribution in [3.63, 3.8) is 0 Å². The molecule has 72 valence electrons. The number of tetrazole rings is 1. The predicted octanol–water partition coefficient (Wildman–Crippen LogP) is -0.328. The van der Waals surface area contributed by atoms with Crippen LogP contribution in [0.1, 0.15) is 0 Å². The number of rotatable bonds is 1. The monoisotopic (exact) mass is 192 g/mol. The molecule has 0 fully saturated rings. The molecule has 0 amide bonds. The van der Waals surface area contributed by atoms with E-state index in [0.29, 0.717) is 5.69 Å². The Morgan fingerprint density at radius 3 is 2.71 bits per heavy atom. The molecule has 1 aromatic heterocycles. The molecule has 6 nitrogen and oxygen atoms in total. The Morgan fingerprint density at radius 1 is 1.36 bits per heavy atom. The van der Waals surface area contributed by atoms with Crippen molar-refractivity contribution in [3.8, 4) is 11.4 Å². The summed E-state index contributed by atoms with van der Waals surface area (Å²) in [5.74, 6) is 0.0834. The van der Waals surface area contributed by atoms with Crippen LogP contribution < -0.4 is 5.69 Å². The standard InChI is InChI=1S/C8H8N4O2/c1-11-8(14)12(10-9-11)6-3-2-4-7(13)5-6/h2-5,13H,1H3. The van der Waals surface area contributed by atoms with Gasteiger partial charge >= 0.3 is 5.69 Å². The van der Waals surface area contributed by atoms with Crippen molar-refractivity contribution in [1.82, 2.24) is 19.8 Å². The first-order valence-electron chi connectivity index (χ1n) is 3.97. The number of phenolic OH excluding ortho intramolecular Hbond substituents is 1. The summed E-state index contributed by atoms with van der Waals surface area (Å²) in [6.07, 6.45) is 0. The lowest BCUT2D eigenvalue weighted by molar-refractivity contribution is 0.474. The number of hydrogen-bond donors (Lipinski definition) is 1. The number of aromatic nitrogens is 4. The minimum Gasteiger partial charge on any atom is -0.508 e. The summed E-state index contributed by atoms with van der Waals surface area (Å²) in [6, 6.07) is 6.25. The molecular formula is C8H8N4O2. The normalized spacial score (nSPS) is 10.4. The number of benzene rings is 1. The van der Waals surface area contributed by atoms with E-state index in [1.54, 1.807) is 12.1 Å². The molecule has 0 radical (unpaired) electrons. The molecule has 0 spiro atoms. The minimum absolute atomic E-state index is 0.0834. The van der Waals surface area contributed by atoms with E-state index >= 15 is 0 Å². The molecule has 0 unspecified atom stereocenters. The predicted molar refractivity (Wildman–Crippen MR) is 48.3 cm³/mol. The van der Waals surface area contributed by atoms with Crippen LogP contribution in [0.15, 0.2) is 29.1 Å². The number of phenols is 1. The van der Waals surface area contributed by atoms with Crippen molar-refractivity contribution in [3.05, 3.63) is 34.7 Å². The quantitative estimate of drug-likeness (QED) is 0.671. The SMILES string of the molecule is Cn1nnn(-c2cccc(O)c2)c1=O. The summed E-state index contributed by atoms with van der Waals surface area (Å²) in [5.41, 5.74) is 0.138. The molecular weight excluding hydrogens is 184 g/mol. The summed E-state index contributed by atoms with van der Waals surface area (Å²) in [7, 11) is 1.51. The highest BCUT2D eigenvalue weighted by Crippen LogP contribution is 2.12. The molecule has 0 atom stereocenters. The fraction of sp³-hybridized carbons (Fsp3) is 0.125. The fourth-order valence-corrected chi connectivity index (χ4v) is 1.10. The van der Waals surface area contributed by atoms with Gasteiger partial charge in [-0.1, -0.05) is 6.07 Å². The average Bonchev–Trinajstić information content (AvgIpc) is 2.48. The number of nitrogens with zero attached hydrogens (tertiary/aromatic N) is 4. The molecule has 2 rings (SSSR count). The van der Waals surface area contributed by atoms with E-state index in [1.807, 2.05) is 0 Å². The third-order valence-corrected chi connectivity index (χ3v) is 1.80. The van der Waals surface area contributed by atoms with E-state index in [0.717, 1.165) is 9.36 Å². The van der Waals surface area contributed by atoms with E-state index in [4.69, 9.17) is 0 Å². The van der Waals surface area contributed by atoms with E-state index in [1.165, 1.54) is 19.2 Å². The summed E-state index contributed by atoms with van der Waals surface area (Å²) in [6.45, 7) is 0. The maximum absolute atomic E-state index is 11.4. The second-order valence-electron chi connectivity index (χ2n) is 2.82. The van der Waals surface area contributed by atoms with Gasteiger partial charge in [0.1, 0.15) is 5.75 Å². The highest BCUT2D eigenvalue weighted by Gasteiger charge is 2.05. The zero-order chi connectivity index (χ0) is 10.1. The fourth-order valence-electron chi connectivity index (χ4n) is 1.10. The van der Waals surface area contributed by atoms with Crippen LogP contribution in [-0.2, 0) is 7.05 Å². The Balaban J connectivity index is 2.60. The van der Waals surface area contributed by atoms with Gasteiger partial charge in [0.2, 0.25) is 0 Å². The lowest BCUT2D eigenvalue weighted by Crippen LogP contribution is -2.21. The molecule has 1 aromatic carbocycles. The Kier molecular flexibility index (Phi) is 1.81. The van der Waals surface area contributed by atoms with Gasteiger partial charge in [0.25, 0.3) is 0 Å². The average molecular weight is 192 g/mol. The molecule has 0 saturated carbocycles. The first kappa shape index (κ1) is 8.49. The van der Waals surface area contributed by atoms with E-state index in [-0.39, 0.29) is 11.4 Å². The third kappa shape index (κ3) is 1.26. The lowest BCUT2D eigenvalue weighted by Gasteiger charge is -1.97. The van der Waals surface area contributed by atoms with Gasteiger partial charge in [0.15, 0.2) is 0 Å². The Morgan fingerprint density at radius 2 is 2.14 bits per heavy atom. The molecule has 0 saturated heterocycles. The van der Waals surface area contributed by atoms with Crippen molar-refractivity contribution >= 4 is 0 Å².